The van der Waals surface area contributed by atoms with Crippen LogP contribution in [-0.4, -0.2) is 64.7 Å². The third-order valence-corrected chi connectivity index (χ3v) is 6.23. The summed E-state index contributed by atoms with van der Waals surface area (Å²) >= 11 is 0. The number of nitrogens with one attached hydrogen (secondary N) is 2. The molecule has 1 aliphatic heterocycles. The van der Waals surface area contributed by atoms with Crippen molar-refractivity contribution < 1.29 is 18.0 Å². The SMILES string of the molecule is CN1CCCC(F)(F)C1.CNc1cncc(-n2cc(-c3cc(C(=O)NC4CC4)c(F)cc3C)cn2)c1. The van der Waals surface area contributed by atoms with Crippen molar-refractivity contribution in [2.75, 3.05) is 32.5 Å². The van der Waals surface area contributed by atoms with Crippen LogP contribution in [0, 0.1) is 12.7 Å². The number of aryl methyl sites for hydroxylation is 1. The molecule has 1 aromatic carbocycles. The quantitative estimate of drug-likeness (QED) is 0.533. The maximum atomic E-state index is 14.3. The van der Waals surface area contributed by atoms with Gasteiger partial charge in [0.25, 0.3) is 11.8 Å². The van der Waals surface area contributed by atoms with E-state index in [1.807, 2.05) is 26.2 Å². The number of pyridine rings is 1. The first kappa shape index (κ1) is 25.7. The second kappa shape index (κ2) is 10.7. The lowest BCUT2D eigenvalue weighted by atomic mass is 9.99. The van der Waals surface area contributed by atoms with E-state index in [0.29, 0.717) is 6.42 Å². The molecule has 2 fully saturated rings. The number of hydrogen-bond acceptors (Lipinski definition) is 5. The van der Waals surface area contributed by atoms with Crippen LogP contribution in [-0.2, 0) is 0 Å². The van der Waals surface area contributed by atoms with Crippen molar-refractivity contribution in [1.82, 2.24) is 25.0 Å². The van der Waals surface area contributed by atoms with Crippen LogP contribution in [0.3, 0.4) is 0 Å². The van der Waals surface area contributed by atoms with Crippen LogP contribution in [0.25, 0.3) is 16.8 Å². The molecule has 10 heteroatoms. The fourth-order valence-corrected chi connectivity index (χ4v) is 4.10. The van der Waals surface area contributed by atoms with Crippen molar-refractivity contribution in [2.24, 2.45) is 0 Å². The number of nitrogens with zero attached hydrogens (tertiary/aromatic N) is 4. The number of carbonyl (C=O) groups is 1. The molecule has 0 radical (unpaired) electrons. The zero-order valence-corrected chi connectivity index (χ0v) is 20.7. The second-order valence-electron chi connectivity index (χ2n) is 9.45. The average Bonchev–Trinajstić information content (AvgIpc) is 3.50. The van der Waals surface area contributed by atoms with Gasteiger partial charge in [-0.05, 0) is 69.1 Å². The third-order valence-electron chi connectivity index (χ3n) is 6.23. The van der Waals surface area contributed by atoms with E-state index in [1.165, 1.54) is 6.07 Å². The Morgan fingerprint density at radius 1 is 1.17 bits per heavy atom. The molecule has 3 aromatic rings. The molecule has 0 bridgehead atoms. The second-order valence-corrected chi connectivity index (χ2v) is 9.45. The number of piperidine rings is 1. The van der Waals surface area contributed by atoms with Crippen LogP contribution in [0.1, 0.15) is 41.6 Å². The Bertz CT molecular complexity index is 1220. The summed E-state index contributed by atoms with van der Waals surface area (Å²) in [6, 6.07) is 5.11. The molecular formula is C26H31F3N6O. The molecule has 1 saturated heterocycles. The van der Waals surface area contributed by atoms with Crippen LogP contribution in [0.15, 0.2) is 43.0 Å². The fraction of sp³-hybridized carbons (Fsp3) is 0.423. The number of amides is 1. The first-order valence-electron chi connectivity index (χ1n) is 12.0. The number of aromatic nitrogens is 3. The number of alkyl halides is 2. The number of rotatable bonds is 5. The normalized spacial score (nSPS) is 17.2. The molecule has 2 N–H and O–H groups in total. The van der Waals surface area contributed by atoms with Gasteiger partial charge in [-0.1, -0.05) is 0 Å². The highest BCUT2D eigenvalue weighted by Gasteiger charge is 2.33. The van der Waals surface area contributed by atoms with Gasteiger partial charge in [-0.25, -0.2) is 17.9 Å². The van der Waals surface area contributed by atoms with Gasteiger partial charge in [0, 0.05) is 31.3 Å². The van der Waals surface area contributed by atoms with Gasteiger partial charge in [0.15, 0.2) is 0 Å². The highest BCUT2D eigenvalue weighted by Crippen LogP contribution is 2.28. The predicted octanol–water partition coefficient (Wildman–Crippen LogP) is 4.66. The third kappa shape index (κ3) is 6.42. The largest absolute Gasteiger partial charge is 0.387 e. The summed E-state index contributed by atoms with van der Waals surface area (Å²) in [5.74, 6) is -3.30. The topological polar surface area (TPSA) is 75.1 Å². The van der Waals surface area contributed by atoms with Crippen molar-refractivity contribution in [3.05, 3.63) is 59.9 Å². The van der Waals surface area contributed by atoms with E-state index in [2.05, 4.69) is 20.7 Å². The molecule has 0 unspecified atom stereocenters. The molecule has 36 heavy (non-hydrogen) atoms. The minimum absolute atomic E-state index is 0.0625. The zero-order chi connectivity index (χ0) is 25.9. The first-order chi connectivity index (χ1) is 17.1. The maximum Gasteiger partial charge on any atom is 0.260 e. The van der Waals surface area contributed by atoms with Crippen molar-refractivity contribution >= 4 is 11.6 Å². The molecule has 0 spiro atoms. The van der Waals surface area contributed by atoms with Gasteiger partial charge in [0.1, 0.15) is 5.82 Å². The van der Waals surface area contributed by atoms with Gasteiger partial charge in [0.05, 0.1) is 42.1 Å². The highest BCUT2D eigenvalue weighted by molar-refractivity contribution is 5.96. The van der Waals surface area contributed by atoms with Crippen LogP contribution in [0.2, 0.25) is 0 Å². The van der Waals surface area contributed by atoms with E-state index < -0.39 is 11.7 Å². The molecule has 5 rings (SSSR count). The Kier molecular flexibility index (Phi) is 7.63. The molecule has 2 aliphatic rings. The summed E-state index contributed by atoms with van der Waals surface area (Å²) in [6.07, 6.45) is 9.60. The molecule has 192 valence electrons. The molecule has 3 heterocycles. The van der Waals surface area contributed by atoms with Gasteiger partial charge in [-0.15, -0.1) is 0 Å². The Balaban J connectivity index is 0.000000286. The number of anilines is 1. The minimum atomic E-state index is -2.42. The lowest BCUT2D eigenvalue weighted by molar-refractivity contribution is -0.0571. The van der Waals surface area contributed by atoms with Crippen molar-refractivity contribution in [3.8, 4) is 16.8 Å². The summed E-state index contributed by atoms with van der Waals surface area (Å²) < 4.78 is 40.9. The van der Waals surface area contributed by atoms with Gasteiger partial charge in [-0.3, -0.25) is 9.78 Å². The van der Waals surface area contributed by atoms with Crippen LogP contribution < -0.4 is 10.6 Å². The number of benzene rings is 1. The first-order valence-corrected chi connectivity index (χ1v) is 12.0. The average molecular weight is 501 g/mol. The summed E-state index contributed by atoms with van der Waals surface area (Å²) in [6.45, 7) is 2.57. The zero-order valence-electron chi connectivity index (χ0n) is 20.7. The lowest BCUT2D eigenvalue weighted by Gasteiger charge is -2.28. The highest BCUT2D eigenvalue weighted by atomic mass is 19.3. The van der Waals surface area contributed by atoms with Crippen LogP contribution >= 0.6 is 0 Å². The molecule has 7 nitrogen and oxygen atoms in total. The Morgan fingerprint density at radius 3 is 2.58 bits per heavy atom. The smallest absolute Gasteiger partial charge is 0.260 e. The molecular weight excluding hydrogens is 469 g/mol. The van der Waals surface area contributed by atoms with Crippen molar-refractivity contribution in [1.29, 1.82) is 0 Å². The summed E-state index contributed by atoms with van der Waals surface area (Å²) in [5.41, 5.74) is 4.08. The van der Waals surface area contributed by atoms with Gasteiger partial charge >= 0.3 is 0 Å². The summed E-state index contributed by atoms with van der Waals surface area (Å²) in [5, 5.41) is 10.3. The number of halogens is 3. The van der Waals surface area contributed by atoms with E-state index in [0.717, 1.165) is 47.5 Å². The van der Waals surface area contributed by atoms with E-state index in [-0.39, 0.29) is 30.5 Å². The van der Waals surface area contributed by atoms with Gasteiger partial charge in [0.2, 0.25) is 0 Å². The minimum Gasteiger partial charge on any atom is -0.387 e. The number of likely N-dealkylation sites (tertiary alicyclic amines) is 1. The van der Waals surface area contributed by atoms with Crippen molar-refractivity contribution in [3.63, 3.8) is 0 Å². The molecule has 1 amide bonds. The van der Waals surface area contributed by atoms with Crippen molar-refractivity contribution in [2.45, 2.75) is 44.6 Å². The number of hydrogen-bond donors (Lipinski definition) is 2. The summed E-state index contributed by atoms with van der Waals surface area (Å²) in [7, 11) is 3.55. The van der Waals surface area contributed by atoms with Crippen LogP contribution in [0.5, 0.6) is 0 Å². The Morgan fingerprint density at radius 2 is 1.94 bits per heavy atom. The van der Waals surface area contributed by atoms with E-state index in [1.54, 1.807) is 41.3 Å². The van der Waals surface area contributed by atoms with Crippen LogP contribution in [0.4, 0.5) is 18.9 Å². The molecule has 1 aliphatic carbocycles. The van der Waals surface area contributed by atoms with E-state index in [9.17, 15) is 18.0 Å². The maximum absolute atomic E-state index is 14.3. The predicted molar refractivity (Wildman–Crippen MR) is 133 cm³/mol. The van der Waals surface area contributed by atoms with Gasteiger partial charge in [-0.2, -0.15) is 5.10 Å². The van der Waals surface area contributed by atoms with E-state index >= 15 is 0 Å². The molecule has 2 aromatic heterocycles. The lowest BCUT2D eigenvalue weighted by Crippen LogP contribution is -2.39. The number of carbonyl (C=O) groups excluding carboxylic acids is 1. The summed E-state index contributed by atoms with van der Waals surface area (Å²) in [4.78, 5) is 18.2. The standard InChI is InChI=1S/C20H20FN5O.C6H11F2N/c1-12-5-19(21)18(20(27)25-14-3-4-14)7-17(12)13-8-24-26(11-13)16-6-15(22-2)9-23-10-16;1-9-4-2-3-6(7,8)5-9/h5-11,14,22H,3-4H2,1-2H3,(H,25,27);2-5H2,1H3. The molecule has 1 saturated carbocycles. The van der Waals surface area contributed by atoms with Gasteiger partial charge < -0.3 is 15.5 Å². The Hall–Kier alpha value is -3.40. The molecule has 0 atom stereocenters. The van der Waals surface area contributed by atoms with E-state index in [4.69, 9.17) is 0 Å². The monoisotopic (exact) mass is 500 g/mol. The fourth-order valence-electron chi connectivity index (χ4n) is 4.10. The Labute approximate surface area is 208 Å².